The van der Waals surface area contributed by atoms with Crippen molar-refractivity contribution in [1.29, 1.82) is 0 Å². The number of aromatic nitrogens is 2. The largest absolute Gasteiger partial charge is 0.492 e. The molecule has 0 radical (unpaired) electrons. The van der Waals surface area contributed by atoms with Gasteiger partial charge < -0.3 is 9.47 Å². The lowest BCUT2D eigenvalue weighted by molar-refractivity contribution is -0.157. The van der Waals surface area contributed by atoms with E-state index >= 15 is 0 Å². The number of unbranched alkanes of at least 4 members (excludes halogenated alkanes) is 6. The second-order valence-electron chi connectivity index (χ2n) is 10.6. The number of ether oxygens (including phenoxy) is 2. The van der Waals surface area contributed by atoms with E-state index in [1.54, 1.807) is 0 Å². The van der Waals surface area contributed by atoms with Crippen molar-refractivity contribution in [3.05, 3.63) is 41.2 Å². The first-order valence-corrected chi connectivity index (χ1v) is 15.0. The van der Waals surface area contributed by atoms with E-state index in [-0.39, 0.29) is 12.5 Å². The standard InChI is InChI=1S/C31H44ClFN2O3/c1-3-5-7-8-9-10-11-24-20-34-30(35-21-24)25-15-18-29(27(32)19-25)37-22-23-13-16-26(17-14-23)38-31(36)28(33)12-6-4-2/h15,18-21,23,26,28H,3-14,16-17,22H2,1-2H3/t23?,26?,28-/m0/s1. The van der Waals surface area contributed by atoms with Crippen molar-refractivity contribution in [3.8, 4) is 17.1 Å². The van der Waals surface area contributed by atoms with Crippen LogP contribution in [0.5, 0.6) is 5.75 Å². The molecule has 0 bridgehead atoms. The molecule has 1 atom stereocenters. The molecule has 0 saturated heterocycles. The molecular weight excluding hydrogens is 503 g/mol. The third-order valence-corrected chi connectivity index (χ3v) is 7.63. The van der Waals surface area contributed by atoms with Crippen LogP contribution in [0.4, 0.5) is 4.39 Å². The number of rotatable bonds is 16. The van der Waals surface area contributed by atoms with E-state index in [0.29, 0.717) is 35.5 Å². The smallest absolute Gasteiger partial charge is 0.340 e. The summed E-state index contributed by atoms with van der Waals surface area (Å²) >= 11 is 6.52. The van der Waals surface area contributed by atoms with Crippen LogP contribution in [0.1, 0.15) is 103 Å². The van der Waals surface area contributed by atoms with Crippen molar-refractivity contribution in [2.75, 3.05) is 6.61 Å². The molecule has 7 heteroatoms. The molecule has 0 unspecified atom stereocenters. The Morgan fingerprint density at radius 2 is 1.68 bits per heavy atom. The first-order chi connectivity index (χ1) is 18.5. The van der Waals surface area contributed by atoms with Gasteiger partial charge in [0.05, 0.1) is 11.6 Å². The quantitative estimate of drug-likeness (QED) is 0.156. The Labute approximate surface area is 232 Å². The first-order valence-electron chi connectivity index (χ1n) is 14.6. The third kappa shape index (κ3) is 10.2. The summed E-state index contributed by atoms with van der Waals surface area (Å²) < 4.78 is 25.3. The number of esters is 1. The monoisotopic (exact) mass is 546 g/mol. The summed E-state index contributed by atoms with van der Waals surface area (Å²) in [6, 6.07) is 5.66. The summed E-state index contributed by atoms with van der Waals surface area (Å²) in [6.07, 6.45) is 15.8. The number of alkyl halides is 1. The van der Waals surface area contributed by atoms with Crippen LogP contribution in [0, 0.1) is 5.92 Å². The van der Waals surface area contributed by atoms with Crippen LogP contribution in [0.15, 0.2) is 30.6 Å². The van der Waals surface area contributed by atoms with E-state index < -0.39 is 12.1 Å². The van der Waals surface area contributed by atoms with Gasteiger partial charge in [0.2, 0.25) is 0 Å². The highest BCUT2D eigenvalue weighted by molar-refractivity contribution is 6.32. The van der Waals surface area contributed by atoms with Crippen molar-refractivity contribution in [3.63, 3.8) is 0 Å². The maximum Gasteiger partial charge on any atom is 0.340 e. The predicted molar refractivity (Wildman–Crippen MR) is 151 cm³/mol. The molecule has 0 amide bonds. The molecule has 0 N–H and O–H groups in total. The van der Waals surface area contributed by atoms with Gasteiger partial charge in [-0.15, -0.1) is 0 Å². The number of hydrogen-bond donors (Lipinski definition) is 0. The fraction of sp³-hybridized carbons (Fsp3) is 0.645. The molecule has 210 valence electrons. The molecule has 0 aliphatic heterocycles. The molecule has 0 spiro atoms. The van der Waals surface area contributed by atoms with Gasteiger partial charge in [-0.1, -0.05) is 70.4 Å². The topological polar surface area (TPSA) is 61.3 Å². The van der Waals surface area contributed by atoms with Crippen LogP contribution in [0.3, 0.4) is 0 Å². The summed E-state index contributed by atoms with van der Waals surface area (Å²) in [5, 5.41) is 0.533. The van der Waals surface area contributed by atoms with Gasteiger partial charge in [0.1, 0.15) is 11.9 Å². The molecule has 1 aliphatic carbocycles. The van der Waals surface area contributed by atoms with Gasteiger partial charge >= 0.3 is 5.97 Å². The highest BCUT2D eigenvalue weighted by atomic mass is 35.5. The number of benzene rings is 1. The van der Waals surface area contributed by atoms with E-state index in [4.69, 9.17) is 21.1 Å². The van der Waals surface area contributed by atoms with Crippen LogP contribution in [0.2, 0.25) is 5.02 Å². The van der Waals surface area contributed by atoms with Gasteiger partial charge in [0.25, 0.3) is 0 Å². The van der Waals surface area contributed by atoms with Crippen molar-refractivity contribution in [2.24, 2.45) is 5.92 Å². The lowest BCUT2D eigenvalue weighted by Gasteiger charge is -2.28. The first kappa shape index (κ1) is 30.3. The molecule has 1 aromatic heterocycles. The van der Waals surface area contributed by atoms with Gasteiger partial charge in [0.15, 0.2) is 12.0 Å². The minimum Gasteiger partial charge on any atom is -0.492 e. The second-order valence-corrected chi connectivity index (χ2v) is 11.0. The van der Waals surface area contributed by atoms with Crippen molar-refractivity contribution in [2.45, 2.75) is 116 Å². The van der Waals surface area contributed by atoms with Crippen molar-refractivity contribution < 1.29 is 18.7 Å². The molecular formula is C31H44ClFN2O3. The number of carbonyl (C=O) groups is 1. The zero-order valence-electron chi connectivity index (χ0n) is 23.1. The van der Waals surface area contributed by atoms with E-state index in [0.717, 1.165) is 44.1 Å². The molecule has 1 aromatic carbocycles. The fourth-order valence-corrected chi connectivity index (χ4v) is 5.10. The molecule has 1 aliphatic rings. The normalized spacial score (nSPS) is 18.2. The zero-order valence-corrected chi connectivity index (χ0v) is 23.9. The average molecular weight is 547 g/mol. The molecule has 2 aromatic rings. The molecule has 1 saturated carbocycles. The Morgan fingerprint density at radius 1 is 1.00 bits per heavy atom. The number of aryl methyl sites for hydroxylation is 1. The van der Waals surface area contributed by atoms with Crippen molar-refractivity contribution >= 4 is 17.6 Å². The summed E-state index contributed by atoms with van der Waals surface area (Å²) in [6.45, 7) is 4.77. The van der Waals surface area contributed by atoms with Gasteiger partial charge in [-0.2, -0.15) is 0 Å². The highest BCUT2D eigenvalue weighted by Crippen LogP contribution is 2.32. The molecule has 3 rings (SSSR count). The Hall–Kier alpha value is -2.21. The minimum absolute atomic E-state index is 0.196. The molecule has 38 heavy (non-hydrogen) atoms. The molecule has 1 heterocycles. The maximum absolute atomic E-state index is 13.9. The Bertz CT molecular complexity index is 964. The van der Waals surface area contributed by atoms with Crippen LogP contribution in [-0.4, -0.2) is 34.8 Å². The van der Waals surface area contributed by atoms with Gasteiger partial charge in [-0.25, -0.2) is 19.2 Å². The Morgan fingerprint density at radius 3 is 2.37 bits per heavy atom. The number of halogens is 2. The predicted octanol–water partition coefficient (Wildman–Crippen LogP) is 8.71. The zero-order chi connectivity index (χ0) is 27.2. The second kappa shape index (κ2) is 16.7. The third-order valence-electron chi connectivity index (χ3n) is 7.33. The number of carbonyl (C=O) groups excluding carboxylic acids is 1. The highest BCUT2D eigenvalue weighted by Gasteiger charge is 2.27. The van der Waals surface area contributed by atoms with E-state index in [2.05, 4.69) is 16.9 Å². The number of nitrogens with zero attached hydrogens (tertiary/aromatic N) is 2. The van der Waals surface area contributed by atoms with E-state index in [1.807, 2.05) is 37.5 Å². The van der Waals surface area contributed by atoms with Crippen LogP contribution >= 0.6 is 11.6 Å². The van der Waals surface area contributed by atoms with E-state index in [1.165, 1.54) is 44.1 Å². The number of hydrogen-bond acceptors (Lipinski definition) is 5. The lowest BCUT2D eigenvalue weighted by Crippen LogP contribution is -2.30. The maximum atomic E-state index is 13.9. The van der Waals surface area contributed by atoms with Gasteiger partial charge in [0, 0.05) is 18.0 Å². The van der Waals surface area contributed by atoms with Crippen molar-refractivity contribution in [1.82, 2.24) is 9.97 Å². The van der Waals surface area contributed by atoms with Crippen LogP contribution in [0.25, 0.3) is 11.4 Å². The lowest BCUT2D eigenvalue weighted by atomic mass is 9.88. The summed E-state index contributed by atoms with van der Waals surface area (Å²) in [4.78, 5) is 21.0. The van der Waals surface area contributed by atoms with Gasteiger partial charge in [-0.05, 0) is 74.6 Å². The Kier molecular flexibility index (Phi) is 13.3. The average Bonchev–Trinajstić information content (AvgIpc) is 2.94. The van der Waals surface area contributed by atoms with Crippen LogP contribution in [-0.2, 0) is 16.0 Å². The summed E-state index contributed by atoms with van der Waals surface area (Å²) in [7, 11) is 0. The van der Waals surface area contributed by atoms with Gasteiger partial charge in [-0.3, -0.25) is 0 Å². The summed E-state index contributed by atoms with van der Waals surface area (Å²) in [5.74, 6) is 0.939. The van der Waals surface area contributed by atoms with Crippen LogP contribution < -0.4 is 4.74 Å². The minimum atomic E-state index is -1.51. The molecule has 1 fully saturated rings. The summed E-state index contributed by atoms with van der Waals surface area (Å²) in [5.41, 5.74) is 2.03. The molecule has 5 nitrogen and oxygen atoms in total. The fourth-order valence-electron chi connectivity index (χ4n) is 4.86. The Balaban J connectivity index is 1.40. The van der Waals surface area contributed by atoms with E-state index in [9.17, 15) is 9.18 Å². The SMILES string of the molecule is CCCCCCCCc1cnc(-c2ccc(OCC3CCC(OC(=O)[C@@H](F)CCCC)CC3)c(Cl)c2)nc1.